The van der Waals surface area contributed by atoms with Crippen LogP contribution in [0.15, 0.2) is 35.4 Å². The van der Waals surface area contributed by atoms with Gasteiger partial charge in [-0.25, -0.2) is 5.43 Å². The van der Waals surface area contributed by atoms with Crippen LogP contribution in [0, 0.1) is 13.8 Å². The molecule has 0 unspecified atom stereocenters. The van der Waals surface area contributed by atoms with E-state index in [4.69, 9.17) is 0 Å². The monoisotopic (exact) mass is 336 g/mol. The summed E-state index contributed by atoms with van der Waals surface area (Å²) in [6.07, 6.45) is 0. The van der Waals surface area contributed by atoms with Crippen molar-refractivity contribution in [2.75, 3.05) is 0 Å². The van der Waals surface area contributed by atoms with Gasteiger partial charge in [-0.2, -0.15) is 19.0 Å². The molecule has 0 saturated carbocycles. The van der Waals surface area contributed by atoms with E-state index in [2.05, 4.69) is 20.4 Å². The lowest BCUT2D eigenvalue weighted by Crippen LogP contribution is -2.25. The van der Waals surface area contributed by atoms with Gasteiger partial charge in [0, 0.05) is 11.3 Å². The summed E-state index contributed by atoms with van der Waals surface area (Å²) in [4.78, 5) is 11.9. The van der Waals surface area contributed by atoms with E-state index in [1.54, 1.807) is 29.8 Å². The van der Waals surface area contributed by atoms with Gasteiger partial charge in [-0.05, 0) is 39.0 Å². The zero-order valence-corrected chi connectivity index (χ0v) is 13.6. The molecule has 8 heteroatoms. The average Bonchev–Trinajstić information content (AvgIpc) is 2.82. The van der Waals surface area contributed by atoms with Gasteiger partial charge in [-0.3, -0.25) is 9.48 Å². The Morgan fingerprint density at radius 3 is 2.71 bits per heavy atom. The summed E-state index contributed by atoms with van der Waals surface area (Å²) in [6.45, 7) is 2.37. The summed E-state index contributed by atoms with van der Waals surface area (Å²) in [5.74, 6) is -0.366. The summed E-state index contributed by atoms with van der Waals surface area (Å²) in [5.41, 5.74) is 4.80. The van der Waals surface area contributed by atoms with E-state index in [0.29, 0.717) is 11.3 Å². The molecule has 128 valence electrons. The van der Waals surface area contributed by atoms with Crippen molar-refractivity contribution in [3.05, 3.63) is 47.3 Å². The van der Waals surface area contributed by atoms with E-state index in [9.17, 15) is 13.6 Å². The Labute approximate surface area is 138 Å². The Morgan fingerprint density at radius 1 is 1.38 bits per heavy atom. The number of hydrogen-bond acceptors (Lipinski definition) is 4. The van der Waals surface area contributed by atoms with Crippen molar-refractivity contribution in [1.82, 2.24) is 15.2 Å². The number of nitrogens with one attached hydrogen (secondary N) is 1. The van der Waals surface area contributed by atoms with Crippen molar-refractivity contribution in [1.29, 1.82) is 0 Å². The number of aryl methyl sites for hydroxylation is 2. The molecule has 0 atom stereocenters. The van der Waals surface area contributed by atoms with Crippen LogP contribution in [0.1, 0.15) is 23.9 Å². The zero-order valence-electron chi connectivity index (χ0n) is 13.6. The lowest BCUT2D eigenvalue weighted by atomic mass is 10.1. The number of amides is 1. The van der Waals surface area contributed by atoms with E-state index in [1.165, 1.54) is 6.07 Å². The third kappa shape index (κ3) is 4.61. The zero-order chi connectivity index (χ0) is 17.7. The molecule has 2 aromatic rings. The Balaban J connectivity index is 2.06. The van der Waals surface area contributed by atoms with E-state index < -0.39 is 6.61 Å². The topological polar surface area (TPSA) is 68.5 Å². The first-order chi connectivity index (χ1) is 11.4. The number of carbonyl (C=O) groups is 1. The summed E-state index contributed by atoms with van der Waals surface area (Å²) >= 11 is 0. The number of benzene rings is 1. The van der Waals surface area contributed by atoms with E-state index in [-0.39, 0.29) is 18.2 Å². The molecular formula is C16H18F2N4O2. The minimum atomic E-state index is -2.93. The van der Waals surface area contributed by atoms with Crippen molar-refractivity contribution >= 4 is 11.6 Å². The van der Waals surface area contributed by atoms with Crippen molar-refractivity contribution < 1.29 is 18.3 Å². The number of aromatic nitrogens is 2. The number of hydrazone groups is 1. The van der Waals surface area contributed by atoms with Crippen LogP contribution >= 0.6 is 0 Å². The minimum absolute atomic E-state index is 0.00143. The molecule has 0 radical (unpaired) electrons. The fourth-order valence-corrected chi connectivity index (χ4v) is 2.18. The Hall–Kier alpha value is -2.77. The first-order valence-electron chi connectivity index (χ1n) is 7.25. The number of hydrogen-bond donors (Lipinski definition) is 1. The first-order valence-corrected chi connectivity index (χ1v) is 7.25. The van der Waals surface area contributed by atoms with E-state index >= 15 is 0 Å². The third-order valence-electron chi connectivity index (χ3n) is 3.24. The summed E-state index contributed by atoms with van der Waals surface area (Å²) in [5, 5.41) is 8.13. The molecule has 0 aliphatic heterocycles. The minimum Gasteiger partial charge on any atom is -0.434 e. The molecule has 0 aliphatic carbocycles. The molecule has 6 nitrogen and oxygen atoms in total. The number of rotatable bonds is 6. The van der Waals surface area contributed by atoms with Crippen molar-refractivity contribution in [2.24, 2.45) is 5.10 Å². The number of nitrogens with zero attached hydrogens (tertiary/aromatic N) is 3. The maximum Gasteiger partial charge on any atom is 0.387 e. The molecule has 1 amide bonds. The molecule has 0 aliphatic rings. The van der Waals surface area contributed by atoms with Crippen molar-refractivity contribution in [2.45, 2.75) is 33.9 Å². The molecule has 0 fully saturated rings. The van der Waals surface area contributed by atoms with Gasteiger partial charge in [0.1, 0.15) is 12.3 Å². The number of alkyl halides is 2. The molecular weight excluding hydrogens is 318 g/mol. The number of ether oxygens (including phenoxy) is 1. The number of carbonyl (C=O) groups excluding carboxylic acids is 1. The van der Waals surface area contributed by atoms with Crippen molar-refractivity contribution in [3.63, 3.8) is 0 Å². The Morgan fingerprint density at radius 2 is 2.08 bits per heavy atom. The van der Waals surface area contributed by atoms with E-state index in [0.717, 1.165) is 11.4 Å². The molecule has 1 aromatic carbocycles. The van der Waals surface area contributed by atoms with Gasteiger partial charge in [0.05, 0.1) is 11.4 Å². The smallest absolute Gasteiger partial charge is 0.387 e. The fraction of sp³-hybridized carbons (Fsp3) is 0.312. The standard InChI is InChI=1S/C16H18F2N4O2/c1-10-8-11(2)22(21-10)9-15(23)20-19-12(3)13-6-4-5-7-14(13)24-16(17)18/h4-8,16H,9H2,1-3H3,(H,20,23)/b19-12-. The van der Waals surface area contributed by atoms with Gasteiger partial charge in [0.25, 0.3) is 5.91 Å². The molecule has 1 aromatic heterocycles. The van der Waals surface area contributed by atoms with Crippen LogP contribution in [0.2, 0.25) is 0 Å². The second-order valence-electron chi connectivity index (χ2n) is 5.19. The van der Waals surface area contributed by atoms with Gasteiger partial charge in [-0.15, -0.1) is 0 Å². The molecule has 0 saturated heterocycles. The fourth-order valence-electron chi connectivity index (χ4n) is 2.18. The van der Waals surface area contributed by atoms with Crippen molar-refractivity contribution in [3.8, 4) is 5.75 Å². The Bertz CT molecular complexity index is 756. The molecule has 1 N–H and O–H groups in total. The van der Waals surface area contributed by atoms with Gasteiger partial charge >= 0.3 is 6.61 Å². The van der Waals surface area contributed by atoms with Gasteiger partial charge < -0.3 is 4.74 Å². The second kappa shape index (κ2) is 7.67. The quantitative estimate of drug-likeness (QED) is 0.651. The molecule has 2 rings (SSSR count). The molecule has 24 heavy (non-hydrogen) atoms. The summed E-state index contributed by atoms with van der Waals surface area (Å²) in [7, 11) is 0. The van der Waals surface area contributed by atoms with Crippen LogP contribution in [0.3, 0.4) is 0 Å². The second-order valence-corrected chi connectivity index (χ2v) is 5.19. The summed E-state index contributed by atoms with van der Waals surface area (Å²) in [6, 6.07) is 8.11. The number of halogens is 2. The van der Waals surface area contributed by atoms with E-state index in [1.807, 2.05) is 19.9 Å². The van der Waals surface area contributed by atoms with Crippen LogP contribution in [0.4, 0.5) is 8.78 Å². The predicted molar refractivity (Wildman–Crippen MR) is 85.1 cm³/mol. The highest BCUT2D eigenvalue weighted by Crippen LogP contribution is 2.20. The Kier molecular flexibility index (Phi) is 5.62. The highest BCUT2D eigenvalue weighted by molar-refractivity contribution is 6.01. The highest BCUT2D eigenvalue weighted by atomic mass is 19.3. The van der Waals surface area contributed by atoms with Gasteiger partial charge in [0.15, 0.2) is 0 Å². The largest absolute Gasteiger partial charge is 0.434 e. The highest BCUT2D eigenvalue weighted by Gasteiger charge is 2.12. The van der Waals surface area contributed by atoms with Crippen LogP contribution in [0.25, 0.3) is 0 Å². The SMILES string of the molecule is C/C(=N/NC(=O)Cn1nc(C)cc1C)c1ccccc1OC(F)F. The van der Waals surface area contributed by atoms with Gasteiger partial charge in [-0.1, -0.05) is 12.1 Å². The summed E-state index contributed by atoms with van der Waals surface area (Å²) < 4.78 is 30.8. The first kappa shape index (κ1) is 17.6. The van der Waals surface area contributed by atoms with Crippen LogP contribution < -0.4 is 10.2 Å². The maximum absolute atomic E-state index is 12.4. The lowest BCUT2D eigenvalue weighted by Gasteiger charge is -2.10. The van der Waals surface area contributed by atoms with Crippen LogP contribution in [-0.4, -0.2) is 28.0 Å². The van der Waals surface area contributed by atoms with Crippen LogP contribution in [-0.2, 0) is 11.3 Å². The number of para-hydroxylation sites is 1. The average molecular weight is 336 g/mol. The molecule has 0 bridgehead atoms. The van der Waals surface area contributed by atoms with Gasteiger partial charge in [0.2, 0.25) is 0 Å². The maximum atomic E-state index is 12.4. The normalized spacial score (nSPS) is 11.7. The molecule has 1 heterocycles. The third-order valence-corrected chi connectivity index (χ3v) is 3.24. The molecule has 0 spiro atoms. The lowest BCUT2D eigenvalue weighted by molar-refractivity contribution is -0.121. The predicted octanol–water partition coefficient (Wildman–Crippen LogP) is 2.64. The van der Waals surface area contributed by atoms with Crippen LogP contribution in [0.5, 0.6) is 5.75 Å².